The van der Waals surface area contributed by atoms with Crippen molar-refractivity contribution in [1.29, 1.82) is 0 Å². The highest BCUT2D eigenvalue weighted by Gasteiger charge is 2.27. The normalized spacial score (nSPS) is 17.3. The van der Waals surface area contributed by atoms with Gasteiger partial charge in [0.15, 0.2) is 9.84 Å². The van der Waals surface area contributed by atoms with Crippen molar-refractivity contribution in [1.82, 2.24) is 9.88 Å². The second-order valence-corrected chi connectivity index (χ2v) is 9.47. The van der Waals surface area contributed by atoms with Crippen LogP contribution in [0.4, 0.5) is 0 Å². The summed E-state index contributed by atoms with van der Waals surface area (Å²) >= 11 is 0. The molecule has 2 aromatic rings. The summed E-state index contributed by atoms with van der Waals surface area (Å²) < 4.78 is 30.2. The SMILES string of the molecule is CC(C)S(=O)(=O)c1ccc(CC(=O)N2CC[C@H](Oc3ccncc3)C2)cc1. The van der Waals surface area contributed by atoms with Gasteiger partial charge in [0.25, 0.3) is 0 Å². The van der Waals surface area contributed by atoms with Crippen molar-refractivity contribution in [3.8, 4) is 5.75 Å². The number of sulfone groups is 1. The molecule has 27 heavy (non-hydrogen) atoms. The maximum Gasteiger partial charge on any atom is 0.227 e. The summed E-state index contributed by atoms with van der Waals surface area (Å²) in [4.78, 5) is 18.6. The van der Waals surface area contributed by atoms with Gasteiger partial charge in [-0.25, -0.2) is 8.42 Å². The highest BCUT2D eigenvalue weighted by molar-refractivity contribution is 7.92. The molecule has 3 rings (SSSR count). The molecule has 0 spiro atoms. The van der Waals surface area contributed by atoms with Gasteiger partial charge in [0.05, 0.1) is 23.1 Å². The lowest BCUT2D eigenvalue weighted by molar-refractivity contribution is -0.129. The van der Waals surface area contributed by atoms with Crippen molar-refractivity contribution in [3.05, 3.63) is 54.4 Å². The third-order valence-electron chi connectivity index (χ3n) is 4.68. The van der Waals surface area contributed by atoms with Gasteiger partial charge in [0.2, 0.25) is 5.91 Å². The van der Waals surface area contributed by atoms with Gasteiger partial charge >= 0.3 is 0 Å². The average Bonchev–Trinajstić information content (AvgIpc) is 3.11. The molecular formula is C20H24N2O4S. The maximum atomic E-state index is 12.5. The van der Waals surface area contributed by atoms with Crippen LogP contribution in [0.5, 0.6) is 5.75 Å². The van der Waals surface area contributed by atoms with Gasteiger partial charge in [0, 0.05) is 25.4 Å². The zero-order chi connectivity index (χ0) is 19.4. The van der Waals surface area contributed by atoms with E-state index >= 15 is 0 Å². The number of carbonyl (C=O) groups is 1. The number of hydrogen-bond acceptors (Lipinski definition) is 5. The second-order valence-electron chi connectivity index (χ2n) is 6.97. The molecule has 6 nitrogen and oxygen atoms in total. The molecule has 1 aromatic heterocycles. The number of ether oxygens (including phenoxy) is 1. The Balaban J connectivity index is 1.56. The van der Waals surface area contributed by atoms with E-state index in [2.05, 4.69) is 4.98 Å². The van der Waals surface area contributed by atoms with E-state index in [0.717, 1.165) is 17.7 Å². The van der Waals surface area contributed by atoms with Crippen LogP contribution in [0.25, 0.3) is 0 Å². The number of amides is 1. The molecule has 1 fully saturated rings. The van der Waals surface area contributed by atoms with Crippen molar-refractivity contribution < 1.29 is 17.9 Å². The predicted molar refractivity (Wildman–Crippen MR) is 102 cm³/mol. The number of carbonyl (C=O) groups excluding carboxylic acids is 1. The van der Waals surface area contributed by atoms with E-state index in [9.17, 15) is 13.2 Å². The first-order chi connectivity index (χ1) is 12.9. The Morgan fingerprint density at radius 3 is 2.48 bits per heavy atom. The Hall–Kier alpha value is -2.41. The first-order valence-corrected chi connectivity index (χ1v) is 10.6. The van der Waals surface area contributed by atoms with E-state index in [-0.39, 0.29) is 18.4 Å². The Kier molecular flexibility index (Phi) is 5.79. The molecule has 0 aliphatic carbocycles. The largest absolute Gasteiger partial charge is 0.488 e. The van der Waals surface area contributed by atoms with Crippen LogP contribution < -0.4 is 4.74 Å². The molecule has 0 bridgehead atoms. The Bertz CT molecular complexity index is 880. The highest BCUT2D eigenvalue weighted by Crippen LogP contribution is 2.20. The molecule has 1 aromatic carbocycles. The molecule has 1 amide bonds. The molecule has 2 heterocycles. The van der Waals surface area contributed by atoms with Gasteiger partial charge in [-0.05, 0) is 43.7 Å². The van der Waals surface area contributed by atoms with Crippen LogP contribution in [0.1, 0.15) is 25.8 Å². The fraction of sp³-hybridized carbons (Fsp3) is 0.400. The lowest BCUT2D eigenvalue weighted by atomic mass is 10.1. The molecule has 0 N–H and O–H groups in total. The van der Waals surface area contributed by atoms with Gasteiger partial charge < -0.3 is 9.64 Å². The van der Waals surface area contributed by atoms with Crippen LogP contribution in [0.15, 0.2) is 53.7 Å². The van der Waals surface area contributed by atoms with Crippen LogP contribution in [-0.4, -0.2) is 48.7 Å². The first kappa shape index (κ1) is 19.4. The zero-order valence-electron chi connectivity index (χ0n) is 15.5. The van der Waals surface area contributed by atoms with E-state index in [1.54, 1.807) is 67.5 Å². The van der Waals surface area contributed by atoms with Crippen LogP contribution in [0.2, 0.25) is 0 Å². The summed E-state index contributed by atoms with van der Waals surface area (Å²) in [6.07, 6.45) is 4.38. The van der Waals surface area contributed by atoms with Crippen LogP contribution in [0.3, 0.4) is 0 Å². The second kappa shape index (κ2) is 8.08. The summed E-state index contributed by atoms with van der Waals surface area (Å²) in [5.74, 6) is 0.779. The van der Waals surface area contributed by atoms with E-state index < -0.39 is 15.1 Å². The van der Waals surface area contributed by atoms with Crippen molar-refractivity contribution in [2.75, 3.05) is 13.1 Å². The third kappa shape index (κ3) is 4.66. The van der Waals surface area contributed by atoms with Gasteiger partial charge in [-0.3, -0.25) is 9.78 Å². The van der Waals surface area contributed by atoms with E-state index in [4.69, 9.17) is 4.74 Å². The van der Waals surface area contributed by atoms with Crippen molar-refractivity contribution >= 4 is 15.7 Å². The van der Waals surface area contributed by atoms with Crippen LogP contribution in [-0.2, 0) is 21.1 Å². The molecular weight excluding hydrogens is 364 g/mol. The summed E-state index contributed by atoms with van der Waals surface area (Å²) in [5, 5.41) is -0.466. The number of nitrogens with zero attached hydrogens (tertiary/aromatic N) is 2. The van der Waals surface area contributed by atoms with Crippen molar-refractivity contribution in [3.63, 3.8) is 0 Å². The molecule has 144 valence electrons. The monoisotopic (exact) mass is 388 g/mol. The van der Waals surface area contributed by atoms with Gasteiger partial charge in [-0.2, -0.15) is 0 Å². The van der Waals surface area contributed by atoms with E-state index in [1.165, 1.54) is 0 Å². The minimum atomic E-state index is -3.29. The lowest BCUT2D eigenvalue weighted by Crippen LogP contribution is -2.32. The van der Waals surface area contributed by atoms with Crippen LogP contribution >= 0.6 is 0 Å². The summed E-state index contributed by atoms with van der Waals surface area (Å²) in [6.45, 7) is 4.53. The Labute approximate surface area is 160 Å². The average molecular weight is 388 g/mol. The lowest BCUT2D eigenvalue weighted by Gasteiger charge is -2.17. The van der Waals surface area contributed by atoms with Crippen LogP contribution in [0, 0.1) is 0 Å². The summed E-state index contributed by atoms with van der Waals surface area (Å²) in [5.41, 5.74) is 0.807. The number of benzene rings is 1. The Morgan fingerprint density at radius 2 is 1.85 bits per heavy atom. The highest BCUT2D eigenvalue weighted by atomic mass is 32.2. The smallest absolute Gasteiger partial charge is 0.227 e. The molecule has 1 aliphatic rings. The number of likely N-dealkylation sites (tertiary alicyclic amines) is 1. The molecule has 1 atom stereocenters. The molecule has 0 saturated carbocycles. The predicted octanol–water partition coefficient (Wildman–Crippen LogP) is 2.49. The number of pyridine rings is 1. The molecule has 1 aliphatic heterocycles. The van der Waals surface area contributed by atoms with Gasteiger partial charge in [0.1, 0.15) is 11.9 Å². The van der Waals surface area contributed by atoms with Gasteiger partial charge in [-0.1, -0.05) is 12.1 Å². The quantitative estimate of drug-likeness (QED) is 0.760. The number of rotatable bonds is 6. The Morgan fingerprint density at radius 1 is 1.19 bits per heavy atom. The third-order valence-corrected chi connectivity index (χ3v) is 6.85. The summed E-state index contributed by atoms with van der Waals surface area (Å²) in [6, 6.07) is 10.2. The molecule has 0 radical (unpaired) electrons. The topological polar surface area (TPSA) is 76.6 Å². The fourth-order valence-electron chi connectivity index (χ4n) is 3.02. The summed E-state index contributed by atoms with van der Waals surface area (Å²) in [7, 11) is -3.29. The van der Waals surface area contributed by atoms with E-state index in [0.29, 0.717) is 18.0 Å². The van der Waals surface area contributed by atoms with E-state index in [1.807, 2.05) is 0 Å². The number of hydrogen-bond donors (Lipinski definition) is 0. The molecule has 1 saturated heterocycles. The van der Waals surface area contributed by atoms with Crippen molar-refractivity contribution in [2.24, 2.45) is 0 Å². The minimum Gasteiger partial charge on any atom is -0.488 e. The zero-order valence-corrected chi connectivity index (χ0v) is 16.4. The molecule has 7 heteroatoms. The standard InChI is InChI=1S/C20H24N2O4S/c1-15(2)27(24,25)19-5-3-16(4-6-19)13-20(23)22-12-9-18(14-22)26-17-7-10-21-11-8-17/h3-8,10-11,15,18H,9,12-14H2,1-2H3/t18-/m0/s1. The van der Waals surface area contributed by atoms with Gasteiger partial charge in [-0.15, -0.1) is 0 Å². The minimum absolute atomic E-state index is 0.0186. The molecule has 0 unspecified atom stereocenters. The maximum absolute atomic E-state index is 12.5. The first-order valence-electron chi connectivity index (χ1n) is 9.03. The number of aromatic nitrogens is 1. The fourth-order valence-corrected chi connectivity index (χ4v) is 4.08. The van der Waals surface area contributed by atoms with Crippen molar-refractivity contribution in [2.45, 2.75) is 42.9 Å².